The Kier molecular flexibility index (Phi) is 14.3. The van der Waals surface area contributed by atoms with E-state index < -0.39 is 0 Å². The first-order valence-corrected chi connectivity index (χ1v) is 13.1. The number of nitrogens with one attached hydrogen (secondary N) is 2. The average molecular weight is 409 g/mol. The van der Waals surface area contributed by atoms with Crippen LogP contribution in [0.25, 0.3) is 0 Å². The second kappa shape index (κ2) is 16.5. The minimum atomic E-state index is 0.924. The van der Waals surface area contributed by atoms with Gasteiger partial charge in [-0.3, -0.25) is 0 Å². The van der Waals surface area contributed by atoms with Crippen molar-refractivity contribution in [2.45, 2.75) is 108 Å². The molecule has 2 N–H and O–H groups in total. The molecule has 0 radical (unpaired) electrons. The molecule has 0 aromatic carbocycles. The Hall–Kier alpha value is -0.160. The molecule has 2 aliphatic carbocycles. The van der Waals surface area contributed by atoms with Crippen molar-refractivity contribution in [2.75, 3.05) is 53.4 Å². The Morgan fingerprint density at radius 3 is 1.14 bits per heavy atom. The van der Waals surface area contributed by atoms with Crippen molar-refractivity contribution >= 4 is 0 Å². The third kappa shape index (κ3) is 14.5. The van der Waals surface area contributed by atoms with Gasteiger partial charge in [0, 0.05) is 12.1 Å². The molecule has 2 fully saturated rings. The van der Waals surface area contributed by atoms with Crippen LogP contribution in [0.1, 0.15) is 96.3 Å². The Morgan fingerprint density at radius 1 is 0.483 bits per heavy atom. The minimum Gasteiger partial charge on any atom is -0.317 e. The van der Waals surface area contributed by atoms with E-state index in [2.05, 4.69) is 34.5 Å². The van der Waals surface area contributed by atoms with Crippen LogP contribution in [0.3, 0.4) is 0 Å². The Balaban J connectivity index is 1.16. The van der Waals surface area contributed by atoms with Crippen molar-refractivity contribution in [1.82, 2.24) is 20.4 Å². The molecule has 0 aromatic heterocycles. The highest BCUT2D eigenvalue weighted by Crippen LogP contribution is 2.25. The molecule has 4 heteroatoms. The predicted octanol–water partition coefficient (Wildman–Crippen LogP) is 4.65. The molecule has 0 saturated heterocycles. The third-order valence-corrected chi connectivity index (χ3v) is 6.78. The maximum absolute atomic E-state index is 3.63. The van der Waals surface area contributed by atoms with Gasteiger partial charge in [0.05, 0.1) is 0 Å². The quantitative estimate of drug-likeness (QED) is 0.255. The van der Waals surface area contributed by atoms with Crippen LogP contribution in [-0.4, -0.2) is 75.2 Å². The summed E-state index contributed by atoms with van der Waals surface area (Å²) in [5.74, 6) is 0. The fourth-order valence-electron chi connectivity index (χ4n) is 4.25. The monoisotopic (exact) mass is 408 g/mol. The SMILES string of the molecule is CN(CCCCNCCCCCCCCCNCCCCN(C)C1CC1)C1CC1. The van der Waals surface area contributed by atoms with Crippen molar-refractivity contribution in [2.24, 2.45) is 0 Å². The first kappa shape index (κ1) is 25.1. The van der Waals surface area contributed by atoms with Crippen molar-refractivity contribution in [1.29, 1.82) is 0 Å². The highest BCUT2D eigenvalue weighted by atomic mass is 15.2. The van der Waals surface area contributed by atoms with E-state index in [9.17, 15) is 0 Å². The van der Waals surface area contributed by atoms with Crippen LogP contribution in [0.5, 0.6) is 0 Å². The van der Waals surface area contributed by atoms with Gasteiger partial charge in [-0.25, -0.2) is 0 Å². The van der Waals surface area contributed by atoms with E-state index in [4.69, 9.17) is 0 Å². The summed E-state index contributed by atoms with van der Waals surface area (Å²) in [5.41, 5.74) is 0. The molecule has 0 spiro atoms. The summed E-state index contributed by atoms with van der Waals surface area (Å²) in [6.07, 6.45) is 20.9. The lowest BCUT2D eigenvalue weighted by molar-refractivity contribution is 0.315. The van der Waals surface area contributed by atoms with Crippen molar-refractivity contribution < 1.29 is 0 Å². The lowest BCUT2D eigenvalue weighted by Crippen LogP contribution is -2.23. The molecule has 0 bridgehead atoms. The Labute approximate surface area is 182 Å². The standard InChI is InChI=1S/C25H52N4/c1-28(24-14-15-24)22-12-10-20-26-18-8-6-4-3-5-7-9-19-27-21-11-13-23-29(2)25-16-17-25/h24-27H,3-23H2,1-2H3. The number of hydrogen-bond acceptors (Lipinski definition) is 4. The van der Waals surface area contributed by atoms with E-state index in [-0.39, 0.29) is 0 Å². The van der Waals surface area contributed by atoms with E-state index >= 15 is 0 Å². The molecule has 0 aromatic rings. The lowest BCUT2D eigenvalue weighted by atomic mass is 10.1. The molecule has 29 heavy (non-hydrogen) atoms. The summed E-state index contributed by atoms with van der Waals surface area (Å²) in [6, 6.07) is 1.85. The van der Waals surface area contributed by atoms with Gasteiger partial charge in [0.2, 0.25) is 0 Å². The van der Waals surface area contributed by atoms with E-state index in [1.54, 1.807) is 0 Å². The highest BCUT2D eigenvalue weighted by Gasteiger charge is 2.25. The van der Waals surface area contributed by atoms with Crippen molar-refractivity contribution in [3.05, 3.63) is 0 Å². The average Bonchev–Trinajstić information content (AvgIpc) is 3.61. The molecular formula is C25H52N4. The predicted molar refractivity (Wildman–Crippen MR) is 128 cm³/mol. The van der Waals surface area contributed by atoms with Crippen LogP contribution in [0.4, 0.5) is 0 Å². The lowest BCUT2D eigenvalue weighted by Gasteiger charge is -2.15. The van der Waals surface area contributed by atoms with E-state index in [0.29, 0.717) is 0 Å². The van der Waals surface area contributed by atoms with Gasteiger partial charge in [-0.15, -0.1) is 0 Å². The molecule has 2 rings (SSSR count). The van der Waals surface area contributed by atoms with E-state index in [1.165, 1.54) is 136 Å². The van der Waals surface area contributed by atoms with Crippen LogP contribution < -0.4 is 10.6 Å². The summed E-state index contributed by atoms with van der Waals surface area (Å²) in [7, 11) is 4.58. The van der Waals surface area contributed by atoms with Gasteiger partial charge < -0.3 is 20.4 Å². The Bertz CT molecular complexity index is 334. The third-order valence-electron chi connectivity index (χ3n) is 6.78. The number of unbranched alkanes of at least 4 members (excludes halogenated alkanes) is 8. The fourth-order valence-corrected chi connectivity index (χ4v) is 4.25. The summed E-state index contributed by atoms with van der Waals surface area (Å²) in [4.78, 5) is 5.09. The second-order valence-corrected chi connectivity index (χ2v) is 9.81. The number of rotatable bonds is 22. The van der Waals surface area contributed by atoms with Gasteiger partial charge in [0.25, 0.3) is 0 Å². The summed E-state index contributed by atoms with van der Waals surface area (Å²) >= 11 is 0. The molecule has 0 amide bonds. The normalized spacial score (nSPS) is 17.0. The molecule has 0 atom stereocenters. The number of nitrogens with zero attached hydrogens (tertiary/aromatic N) is 2. The first-order chi connectivity index (χ1) is 14.3. The van der Waals surface area contributed by atoms with Crippen LogP contribution >= 0.6 is 0 Å². The van der Waals surface area contributed by atoms with E-state index in [1.807, 2.05) is 0 Å². The van der Waals surface area contributed by atoms with Crippen LogP contribution in [0.2, 0.25) is 0 Å². The van der Waals surface area contributed by atoms with Crippen LogP contribution in [0, 0.1) is 0 Å². The highest BCUT2D eigenvalue weighted by molar-refractivity contribution is 4.82. The van der Waals surface area contributed by atoms with Gasteiger partial charge >= 0.3 is 0 Å². The maximum atomic E-state index is 3.63. The zero-order valence-corrected chi connectivity index (χ0v) is 19.9. The van der Waals surface area contributed by atoms with Crippen LogP contribution in [0.15, 0.2) is 0 Å². The molecular weight excluding hydrogens is 356 g/mol. The number of hydrogen-bond donors (Lipinski definition) is 2. The first-order valence-electron chi connectivity index (χ1n) is 13.1. The smallest absolute Gasteiger partial charge is 0.00933 e. The fraction of sp³-hybridized carbons (Fsp3) is 1.00. The van der Waals surface area contributed by atoms with Crippen molar-refractivity contribution in [3.8, 4) is 0 Å². The maximum Gasteiger partial charge on any atom is 0.00933 e. The zero-order valence-electron chi connectivity index (χ0n) is 19.9. The van der Waals surface area contributed by atoms with Crippen LogP contribution in [-0.2, 0) is 0 Å². The molecule has 2 saturated carbocycles. The van der Waals surface area contributed by atoms with E-state index in [0.717, 1.165) is 12.1 Å². The summed E-state index contributed by atoms with van der Waals surface area (Å²) in [6.45, 7) is 7.45. The molecule has 0 heterocycles. The van der Waals surface area contributed by atoms with Gasteiger partial charge in [0.15, 0.2) is 0 Å². The molecule has 4 nitrogen and oxygen atoms in total. The topological polar surface area (TPSA) is 30.5 Å². The molecule has 0 aliphatic heterocycles. The van der Waals surface area contributed by atoms with Gasteiger partial charge in [-0.1, -0.05) is 32.1 Å². The Morgan fingerprint density at radius 2 is 0.793 bits per heavy atom. The van der Waals surface area contributed by atoms with Crippen molar-refractivity contribution in [3.63, 3.8) is 0 Å². The zero-order chi connectivity index (χ0) is 20.6. The summed E-state index contributed by atoms with van der Waals surface area (Å²) < 4.78 is 0. The molecule has 2 aliphatic rings. The van der Waals surface area contributed by atoms with Gasteiger partial charge in [-0.05, 0) is 118 Å². The van der Waals surface area contributed by atoms with Gasteiger partial charge in [0.1, 0.15) is 0 Å². The van der Waals surface area contributed by atoms with Gasteiger partial charge in [-0.2, -0.15) is 0 Å². The molecule has 172 valence electrons. The largest absolute Gasteiger partial charge is 0.317 e. The second-order valence-electron chi connectivity index (χ2n) is 9.81. The molecule has 0 unspecified atom stereocenters. The minimum absolute atomic E-state index is 0.924. The summed E-state index contributed by atoms with van der Waals surface area (Å²) in [5, 5.41) is 7.26.